The van der Waals surface area contributed by atoms with Crippen molar-refractivity contribution in [2.75, 3.05) is 6.54 Å². The highest BCUT2D eigenvalue weighted by atomic mass is 35.5. The van der Waals surface area contributed by atoms with E-state index < -0.39 is 6.10 Å². The molecule has 0 saturated carbocycles. The minimum atomic E-state index is -0.591. The number of nitrogens with one attached hydrogen (secondary N) is 1. The van der Waals surface area contributed by atoms with Gasteiger partial charge in [-0.1, -0.05) is 41.0 Å². The van der Waals surface area contributed by atoms with E-state index in [1.54, 1.807) is 19.1 Å². The van der Waals surface area contributed by atoms with Gasteiger partial charge in [0.15, 0.2) is 0 Å². The number of thiophene rings is 1. The first-order valence-electron chi connectivity index (χ1n) is 7.78. The number of aryl methyl sites for hydroxylation is 1. The number of benzene rings is 1. The van der Waals surface area contributed by atoms with Crippen molar-refractivity contribution in [3.8, 4) is 11.3 Å². The van der Waals surface area contributed by atoms with Gasteiger partial charge in [0, 0.05) is 17.0 Å². The fourth-order valence-corrected chi connectivity index (χ4v) is 3.48. The summed E-state index contributed by atoms with van der Waals surface area (Å²) in [6.45, 7) is 2.02. The van der Waals surface area contributed by atoms with Crippen molar-refractivity contribution in [2.45, 2.75) is 19.4 Å². The summed E-state index contributed by atoms with van der Waals surface area (Å²) in [6.07, 6.45) is -0.162. The van der Waals surface area contributed by atoms with Crippen LogP contribution in [-0.2, 0) is 0 Å². The van der Waals surface area contributed by atoms with Crippen LogP contribution in [0.15, 0.2) is 46.3 Å². The molecular formula is C18H17ClN2O3S. The number of amides is 1. The molecule has 1 amide bonds. The molecule has 25 heavy (non-hydrogen) atoms. The standard InChI is InChI=1S/C18H17ClN2O3S/c1-11-16(17(21-24-11)12-5-2-3-6-13(12)19)18(23)20-9-8-14(22)15-7-4-10-25-15/h2-7,10,14,22H,8-9H2,1H3,(H,20,23). The number of aliphatic hydroxyl groups is 1. The van der Waals surface area contributed by atoms with Crippen LogP contribution >= 0.6 is 22.9 Å². The Balaban J connectivity index is 1.71. The number of halogens is 1. The normalized spacial score (nSPS) is 12.1. The monoisotopic (exact) mass is 376 g/mol. The Morgan fingerprint density at radius 3 is 2.88 bits per heavy atom. The predicted octanol–water partition coefficient (Wildman–Crippen LogP) is 4.22. The number of nitrogens with zero attached hydrogens (tertiary/aromatic N) is 1. The van der Waals surface area contributed by atoms with Crippen molar-refractivity contribution in [2.24, 2.45) is 0 Å². The second kappa shape index (κ2) is 7.82. The summed E-state index contributed by atoms with van der Waals surface area (Å²) >= 11 is 7.69. The molecule has 1 atom stereocenters. The topological polar surface area (TPSA) is 75.4 Å². The molecule has 130 valence electrons. The van der Waals surface area contributed by atoms with Gasteiger partial charge in [0.1, 0.15) is 17.0 Å². The molecule has 0 aliphatic carbocycles. The number of aromatic nitrogens is 1. The Bertz CT molecular complexity index is 861. The third kappa shape index (κ3) is 3.92. The van der Waals surface area contributed by atoms with Crippen LogP contribution in [-0.4, -0.2) is 22.7 Å². The number of hydrogen-bond acceptors (Lipinski definition) is 5. The van der Waals surface area contributed by atoms with E-state index in [9.17, 15) is 9.90 Å². The van der Waals surface area contributed by atoms with Gasteiger partial charge in [-0.05, 0) is 30.9 Å². The van der Waals surface area contributed by atoms with Crippen molar-refractivity contribution in [1.29, 1.82) is 0 Å². The van der Waals surface area contributed by atoms with E-state index in [-0.39, 0.29) is 5.91 Å². The minimum absolute atomic E-state index is 0.299. The summed E-state index contributed by atoms with van der Waals surface area (Å²) < 4.78 is 5.20. The zero-order valence-corrected chi connectivity index (χ0v) is 15.1. The van der Waals surface area contributed by atoms with E-state index in [1.165, 1.54) is 11.3 Å². The van der Waals surface area contributed by atoms with Gasteiger partial charge >= 0.3 is 0 Å². The number of rotatable bonds is 6. The van der Waals surface area contributed by atoms with E-state index in [0.29, 0.717) is 40.6 Å². The molecule has 1 unspecified atom stereocenters. The second-order valence-electron chi connectivity index (χ2n) is 5.52. The molecule has 3 rings (SSSR count). The van der Waals surface area contributed by atoms with Crippen LogP contribution in [0, 0.1) is 6.92 Å². The Kier molecular flexibility index (Phi) is 5.53. The lowest BCUT2D eigenvalue weighted by Crippen LogP contribution is -2.26. The molecule has 0 aliphatic rings. The van der Waals surface area contributed by atoms with Gasteiger partial charge in [-0.2, -0.15) is 0 Å². The molecule has 0 fully saturated rings. The van der Waals surface area contributed by atoms with Crippen LogP contribution in [0.2, 0.25) is 5.02 Å². The van der Waals surface area contributed by atoms with Gasteiger partial charge in [-0.3, -0.25) is 4.79 Å². The maximum atomic E-state index is 12.6. The first-order valence-corrected chi connectivity index (χ1v) is 9.04. The lowest BCUT2D eigenvalue weighted by Gasteiger charge is -2.10. The molecule has 2 aromatic heterocycles. The molecule has 1 aromatic carbocycles. The summed E-state index contributed by atoms with van der Waals surface area (Å²) in [5, 5.41) is 19.3. The zero-order valence-electron chi connectivity index (χ0n) is 13.5. The Morgan fingerprint density at radius 2 is 2.16 bits per heavy atom. The molecule has 0 saturated heterocycles. The van der Waals surface area contributed by atoms with Gasteiger partial charge in [-0.15, -0.1) is 11.3 Å². The lowest BCUT2D eigenvalue weighted by atomic mass is 10.1. The maximum absolute atomic E-state index is 12.6. The van der Waals surface area contributed by atoms with Crippen LogP contribution in [0.25, 0.3) is 11.3 Å². The zero-order chi connectivity index (χ0) is 17.8. The predicted molar refractivity (Wildman–Crippen MR) is 97.9 cm³/mol. The number of carbonyl (C=O) groups excluding carboxylic acids is 1. The molecule has 5 nitrogen and oxygen atoms in total. The number of aliphatic hydroxyl groups excluding tert-OH is 1. The first kappa shape index (κ1) is 17.7. The van der Waals surface area contributed by atoms with E-state index in [0.717, 1.165) is 4.88 Å². The molecule has 0 bridgehead atoms. The Morgan fingerprint density at radius 1 is 1.36 bits per heavy atom. The smallest absolute Gasteiger partial charge is 0.257 e. The van der Waals surface area contributed by atoms with Gasteiger partial charge in [0.2, 0.25) is 0 Å². The maximum Gasteiger partial charge on any atom is 0.257 e. The highest BCUT2D eigenvalue weighted by Gasteiger charge is 2.23. The van der Waals surface area contributed by atoms with E-state index in [1.807, 2.05) is 29.6 Å². The quantitative estimate of drug-likeness (QED) is 0.675. The molecular weight excluding hydrogens is 360 g/mol. The van der Waals surface area contributed by atoms with Crippen LogP contribution in [0.5, 0.6) is 0 Å². The fourth-order valence-electron chi connectivity index (χ4n) is 2.51. The van der Waals surface area contributed by atoms with E-state index in [2.05, 4.69) is 10.5 Å². The van der Waals surface area contributed by atoms with Crippen molar-refractivity contribution >= 4 is 28.8 Å². The van der Waals surface area contributed by atoms with Gasteiger partial charge < -0.3 is 14.9 Å². The van der Waals surface area contributed by atoms with Crippen molar-refractivity contribution < 1.29 is 14.4 Å². The van der Waals surface area contributed by atoms with Gasteiger partial charge in [0.25, 0.3) is 5.91 Å². The van der Waals surface area contributed by atoms with Gasteiger partial charge in [0.05, 0.1) is 11.1 Å². The third-order valence-corrected chi connectivity index (χ3v) is 5.10. The molecule has 7 heteroatoms. The molecule has 0 radical (unpaired) electrons. The summed E-state index contributed by atoms with van der Waals surface area (Å²) in [5.74, 6) is 0.123. The van der Waals surface area contributed by atoms with Crippen LogP contribution in [0.3, 0.4) is 0 Å². The summed E-state index contributed by atoms with van der Waals surface area (Å²) in [6, 6.07) is 10.9. The summed E-state index contributed by atoms with van der Waals surface area (Å²) in [7, 11) is 0. The lowest BCUT2D eigenvalue weighted by molar-refractivity contribution is 0.0942. The van der Waals surface area contributed by atoms with E-state index in [4.69, 9.17) is 16.1 Å². The molecule has 3 aromatic rings. The van der Waals surface area contributed by atoms with Crippen molar-refractivity contribution in [3.63, 3.8) is 0 Å². The van der Waals surface area contributed by atoms with Crippen LogP contribution in [0.4, 0.5) is 0 Å². The largest absolute Gasteiger partial charge is 0.388 e. The second-order valence-corrected chi connectivity index (χ2v) is 6.90. The number of carbonyl (C=O) groups is 1. The third-order valence-electron chi connectivity index (χ3n) is 3.79. The highest BCUT2D eigenvalue weighted by Crippen LogP contribution is 2.31. The minimum Gasteiger partial charge on any atom is -0.388 e. The SMILES string of the molecule is Cc1onc(-c2ccccc2Cl)c1C(=O)NCCC(O)c1cccs1. The Hall–Kier alpha value is -2.15. The van der Waals surface area contributed by atoms with Gasteiger partial charge in [-0.25, -0.2) is 0 Å². The summed E-state index contributed by atoms with van der Waals surface area (Å²) in [4.78, 5) is 13.4. The molecule has 2 N–H and O–H groups in total. The van der Waals surface area contributed by atoms with Crippen LogP contribution < -0.4 is 5.32 Å². The molecule has 0 spiro atoms. The Labute approximate surface area is 154 Å². The van der Waals surface area contributed by atoms with Crippen molar-refractivity contribution in [3.05, 3.63) is 63.0 Å². The molecule has 2 heterocycles. The van der Waals surface area contributed by atoms with Crippen LogP contribution in [0.1, 0.15) is 33.5 Å². The van der Waals surface area contributed by atoms with E-state index >= 15 is 0 Å². The average molecular weight is 377 g/mol. The highest BCUT2D eigenvalue weighted by molar-refractivity contribution is 7.10. The van der Waals surface area contributed by atoms with Crippen molar-refractivity contribution in [1.82, 2.24) is 10.5 Å². The average Bonchev–Trinajstić information content (AvgIpc) is 3.25. The summed E-state index contributed by atoms with van der Waals surface area (Å²) in [5.41, 5.74) is 1.42. The molecule has 0 aliphatic heterocycles. The first-order chi connectivity index (χ1) is 12.1. The number of hydrogen-bond donors (Lipinski definition) is 2. The fraction of sp³-hybridized carbons (Fsp3) is 0.222.